The van der Waals surface area contributed by atoms with E-state index < -0.39 is 0 Å². The van der Waals surface area contributed by atoms with E-state index in [0.717, 1.165) is 28.5 Å². The molecule has 1 heteroatoms. The summed E-state index contributed by atoms with van der Waals surface area (Å²) in [5.41, 5.74) is 0.710. The highest BCUT2D eigenvalue weighted by atomic mass is 79.9. The minimum atomic E-state index is 0.710. The molecule has 0 amide bonds. The average molecular weight is 229 g/mol. The van der Waals surface area contributed by atoms with Crippen LogP contribution < -0.4 is 0 Å². The van der Waals surface area contributed by atoms with E-state index in [0.29, 0.717) is 5.41 Å². The van der Waals surface area contributed by atoms with Crippen LogP contribution in [0.15, 0.2) is 0 Å². The van der Waals surface area contributed by atoms with E-state index in [9.17, 15) is 0 Å². The molecular formula is C11H17Br. The second-order valence-corrected chi connectivity index (χ2v) is 6.72. The van der Waals surface area contributed by atoms with Gasteiger partial charge >= 0.3 is 0 Å². The van der Waals surface area contributed by atoms with Gasteiger partial charge in [-0.05, 0) is 48.3 Å². The molecule has 0 aliphatic heterocycles. The third kappa shape index (κ3) is 0.670. The largest absolute Gasteiger partial charge is 0.0887 e. The molecular weight excluding hydrogens is 212 g/mol. The molecule has 3 rings (SSSR count). The summed E-state index contributed by atoms with van der Waals surface area (Å²) in [6, 6.07) is 0. The first-order valence-corrected chi connectivity index (χ1v) is 6.18. The second kappa shape index (κ2) is 2.10. The fraction of sp³-hybridized carbons (Fsp3) is 1.00. The van der Waals surface area contributed by atoms with Crippen molar-refractivity contribution in [2.45, 2.75) is 37.9 Å². The van der Waals surface area contributed by atoms with Crippen molar-refractivity contribution in [2.24, 2.45) is 29.1 Å². The van der Waals surface area contributed by atoms with Crippen molar-refractivity contribution in [1.29, 1.82) is 0 Å². The summed E-state index contributed by atoms with van der Waals surface area (Å²) >= 11 is 3.88. The molecule has 3 saturated carbocycles. The fourth-order valence-electron chi connectivity index (χ4n) is 4.56. The van der Waals surface area contributed by atoms with Gasteiger partial charge in [-0.2, -0.15) is 0 Å². The van der Waals surface area contributed by atoms with Gasteiger partial charge in [-0.3, -0.25) is 0 Å². The first-order valence-electron chi connectivity index (χ1n) is 5.27. The molecule has 3 aliphatic carbocycles. The molecule has 68 valence electrons. The number of hydrogen-bond donors (Lipinski definition) is 0. The Morgan fingerprint density at radius 2 is 2.08 bits per heavy atom. The Balaban J connectivity index is 2.03. The monoisotopic (exact) mass is 228 g/mol. The summed E-state index contributed by atoms with van der Waals surface area (Å²) in [6.45, 7) is 5.00. The third-order valence-corrected chi connectivity index (χ3v) is 6.14. The lowest BCUT2D eigenvalue weighted by atomic mass is 9.68. The van der Waals surface area contributed by atoms with Crippen LogP contribution in [0.3, 0.4) is 0 Å². The summed E-state index contributed by atoms with van der Waals surface area (Å²) in [5, 5.41) is 0. The van der Waals surface area contributed by atoms with Gasteiger partial charge in [-0.1, -0.05) is 29.8 Å². The lowest BCUT2D eigenvalue weighted by Crippen LogP contribution is -2.33. The highest BCUT2D eigenvalue weighted by Crippen LogP contribution is 2.71. The van der Waals surface area contributed by atoms with E-state index in [1.54, 1.807) is 0 Å². The molecule has 0 aromatic carbocycles. The number of rotatable bonds is 0. The van der Waals surface area contributed by atoms with Gasteiger partial charge in [-0.15, -0.1) is 0 Å². The van der Waals surface area contributed by atoms with Crippen molar-refractivity contribution in [3.05, 3.63) is 0 Å². The molecule has 3 fully saturated rings. The molecule has 0 spiro atoms. The van der Waals surface area contributed by atoms with E-state index in [1.807, 2.05) is 0 Å². The smallest absolute Gasteiger partial charge is 0.0184 e. The number of alkyl halides is 1. The summed E-state index contributed by atoms with van der Waals surface area (Å²) in [4.78, 5) is 0.858. The molecule has 6 atom stereocenters. The van der Waals surface area contributed by atoms with Crippen LogP contribution in [0, 0.1) is 29.1 Å². The van der Waals surface area contributed by atoms with Crippen molar-refractivity contribution in [3.63, 3.8) is 0 Å². The Morgan fingerprint density at radius 3 is 2.67 bits per heavy atom. The number of halogens is 1. The molecule has 0 saturated heterocycles. The highest BCUT2D eigenvalue weighted by Gasteiger charge is 2.64. The van der Waals surface area contributed by atoms with Gasteiger partial charge in [0.15, 0.2) is 0 Å². The molecule has 3 aliphatic rings. The Labute approximate surface area is 83.2 Å². The van der Waals surface area contributed by atoms with Crippen LogP contribution in [-0.2, 0) is 0 Å². The second-order valence-electron chi connectivity index (χ2n) is 5.55. The Bertz CT molecular complexity index is 225. The maximum Gasteiger partial charge on any atom is 0.0184 e. The van der Waals surface area contributed by atoms with Crippen LogP contribution in [0.4, 0.5) is 0 Å². The van der Waals surface area contributed by atoms with Gasteiger partial charge < -0.3 is 0 Å². The highest BCUT2D eigenvalue weighted by molar-refractivity contribution is 9.09. The van der Waals surface area contributed by atoms with Crippen molar-refractivity contribution in [3.8, 4) is 0 Å². The van der Waals surface area contributed by atoms with Crippen LogP contribution in [0.2, 0.25) is 0 Å². The topological polar surface area (TPSA) is 0 Å². The average Bonchev–Trinajstić information content (AvgIpc) is 2.47. The van der Waals surface area contributed by atoms with Gasteiger partial charge in [0.05, 0.1) is 0 Å². The Kier molecular flexibility index (Phi) is 1.38. The van der Waals surface area contributed by atoms with Crippen LogP contribution >= 0.6 is 15.9 Å². The first kappa shape index (κ1) is 7.84. The van der Waals surface area contributed by atoms with Crippen LogP contribution in [0.25, 0.3) is 0 Å². The van der Waals surface area contributed by atoms with Crippen LogP contribution in [-0.4, -0.2) is 4.83 Å². The molecule has 0 nitrogen and oxygen atoms in total. The lowest BCUT2D eigenvalue weighted by Gasteiger charge is -2.39. The quantitative estimate of drug-likeness (QED) is 0.558. The number of hydrogen-bond acceptors (Lipinski definition) is 0. The summed E-state index contributed by atoms with van der Waals surface area (Å²) in [5.74, 6) is 4.19. The maximum absolute atomic E-state index is 3.88. The first-order chi connectivity index (χ1) is 5.63. The third-order valence-electron chi connectivity index (χ3n) is 5.20. The SMILES string of the molecule is C[C@H]1CC2C3C[C@H](Br)C2[C@]1(C)C3. The van der Waals surface area contributed by atoms with Gasteiger partial charge in [0.2, 0.25) is 0 Å². The van der Waals surface area contributed by atoms with Gasteiger partial charge in [0, 0.05) is 4.83 Å². The Morgan fingerprint density at radius 1 is 1.33 bits per heavy atom. The molecule has 0 N–H and O–H groups in total. The zero-order chi connectivity index (χ0) is 8.51. The van der Waals surface area contributed by atoms with Crippen LogP contribution in [0.1, 0.15) is 33.1 Å². The van der Waals surface area contributed by atoms with Gasteiger partial charge in [0.1, 0.15) is 0 Å². The fourth-order valence-corrected chi connectivity index (χ4v) is 6.03. The van der Waals surface area contributed by atoms with E-state index in [-0.39, 0.29) is 0 Å². The zero-order valence-corrected chi connectivity index (χ0v) is 9.47. The zero-order valence-electron chi connectivity index (χ0n) is 7.89. The molecule has 12 heavy (non-hydrogen) atoms. The van der Waals surface area contributed by atoms with Crippen LogP contribution in [0.5, 0.6) is 0 Å². The van der Waals surface area contributed by atoms with Gasteiger partial charge in [0.25, 0.3) is 0 Å². The molecule has 0 heterocycles. The van der Waals surface area contributed by atoms with E-state index >= 15 is 0 Å². The Hall–Kier alpha value is 0.480. The molecule has 0 aromatic heterocycles. The minimum Gasteiger partial charge on any atom is -0.0887 e. The summed E-state index contributed by atoms with van der Waals surface area (Å²) in [6.07, 6.45) is 4.52. The van der Waals surface area contributed by atoms with Crippen molar-refractivity contribution in [2.75, 3.05) is 0 Å². The standard InChI is InChI=1S/C11H17Br/c1-6-3-8-7-4-9(12)10(8)11(6,2)5-7/h6-10H,3-5H2,1-2H3/t6-,7?,8?,9-,10?,11+/m0/s1. The van der Waals surface area contributed by atoms with E-state index in [4.69, 9.17) is 0 Å². The maximum atomic E-state index is 3.88. The molecule has 0 radical (unpaired) electrons. The van der Waals surface area contributed by atoms with E-state index in [1.165, 1.54) is 19.3 Å². The lowest BCUT2D eigenvalue weighted by molar-refractivity contribution is 0.132. The summed E-state index contributed by atoms with van der Waals surface area (Å²) in [7, 11) is 0. The van der Waals surface area contributed by atoms with Crippen molar-refractivity contribution >= 4 is 15.9 Å². The molecule has 3 unspecified atom stereocenters. The predicted molar refractivity (Wildman–Crippen MR) is 54.3 cm³/mol. The van der Waals surface area contributed by atoms with Crippen molar-refractivity contribution < 1.29 is 0 Å². The normalized spacial score (nSPS) is 67.8. The van der Waals surface area contributed by atoms with Crippen molar-refractivity contribution in [1.82, 2.24) is 0 Å². The van der Waals surface area contributed by atoms with E-state index in [2.05, 4.69) is 29.8 Å². The predicted octanol–water partition coefficient (Wildman–Crippen LogP) is 3.45. The molecule has 4 bridgehead atoms. The van der Waals surface area contributed by atoms with Gasteiger partial charge in [-0.25, -0.2) is 0 Å². The molecule has 0 aromatic rings. The minimum absolute atomic E-state index is 0.710. The summed E-state index contributed by atoms with van der Waals surface area (Å²) < 4.78 is 0.